The largest absolute Gasteiger partial charge is 0.462 e. The summed E-state index contributed by atoms with van der Waals surface area (Å²) in [6, 6.07) is 3.82. The van der Waals surface area contributed by atoms with Crippen molar-refractivity contribution in [3.63, 3.8) is 0 Å². The second-order valence-corrected chi connectivity index (χ2v) is 5.93. The van der Waals surface area contributed by atoms with Crippen molar-refractivity contribution in [1.29, 1.82) is 0 Å². The molecule has 0 spiro atoms. The smallest absolute Gasteiger partial charge is 0.129 e. The number of hydrogen-bond acceptors (Lipinski definition) is 4. The summed E-state index contributed by atoms with van der Waals surface area (Å²) < 4.78 is 7.70. The zero-order chi connectivity index (χ0) is 14.7. The quantitative estimate of drug-likeness (QED) is 0.914. The third-order valence-electron chi connectivity index (χ3n) is 4.25. The predicted octanol–water partition coefficient (Wildman–Crippen LogP) is 1.96. The number of aliphatic hydroxyl groups excluding tert-OH is 1. The fourth-order valence-electron chi connectivity index (χ4n) is 3.13. The molecule has 1 unspecified atom stereocenters. The summed E-state index contributed by atoms with van der Waals surface area (Å²) in [6.45, 7) is 3.01. The Morgan fingerprint density at radius 1 is 1.38 bits per heavy atom. The molecule has 2 aromatic heterocycles. The maximum absolute atomic E-state index is 9.05. The summed E-state index contributed by atoms with van der Waals surface area (Å²) in [6.07, 6.45) is 7.41. The lowest BCUT2D eigenvalue weighted by atomic mass is 9.94. The van der Waals surface area contributed by atoms with Gasteiger partial charge in [-0.25, -0.2) is 4.98 Å². The van der Waals surface area contributed by atoms with E-state index in [1.54, 1.807) is 0 Å². The molecular weight excluding hydrogens is 266 g/mol. The van der Waals surface area contributed by atoms with E-state index in [9.17, 15) is 0 Å². The molecule has 5 heteroatoms. The number of rotatable bonds is 5. The topological polar surface area (TPSA) is 54.4 Å². The molecule has 0 aromatic carbocycles. The molecule has 1 saturated heterocycles. The van der Waals surface area contributed by atoms with Crippen LogP contribution in [0.4, 0.5) is 0 Å². The van der Waals surface area contributed by atoms with Gasteiger partial charge in [-0.05, 0) is 37.4 Å². The lowest BCUT2D eigenvalue weighted by Gasteiger charge is -2.32. The van der Waals surface area contributed by atoms with E-state index in [-0.39, 0.29) is 6.61 Å². The van der Waals surface area contributed by atoms with Gasteiger partial charge in [0, 0.05) is 32.4 Å². The first-order valence-corrected chi connectivity index (χ1v) is 7.61. The Kier molecular flexibility index (Phi) is 4.41. The minimum Gasteiger partial charge on any atom is -0.462 e. The summed E-state index contributed by atoms with van der Waals surface area (Å²) in [5.74, 6) is 3.41. The van der Waals surface area contributed by atoms with E-state index in [0.29, 0.717) is 11.7 Å². The van der Waals surface area contributed by atoms with E-state index in [4.69, 9.17) is 9.52 Å². The second kappa shape index (κ2) is 6.45. The van der Waals surface area contributed by atoms with Gasteiger partial charge in [0.25, 0.3) is 0 Å². The highest BCUT2D eigenvalue weighted by molar-refractivity contribution is 5.06. The van der Waals surface area contributed by atoms with Gasteiger partial charge in [0.15, 0.2) is 0 Å². The fourth-order valence-corrected chi connectivity index (χ4v) is 3.13. The van der Waals surface area contributed by atoms with Crippen molar-refractivity contribution in [3.05, 3.63) is 41.9 Å². The van der Waals surface area contributed by atoms with Crippen LogP contribution in [0.3, 0.4) is 0 Å². The van der Waals surface area contributed by atoms with Crippen LogP contribution >= 0.6 is 0 Å². The Balaban J connectivity index is 1.56. The molecule has 0 bridgehead atoms. The van der Waals surface area contributed by atoms with E-state index in [2.05, 4.69) is 21.5 Å². The van der Waals surface area contributed by atoms with E-state index in [0.717, 1.165) is 31.8 Å². The molecule has 2 aromatic rings. The number of likely N-dealkylation sites (tertiary alicyclic amines) is 1. The average Bonchev–Trinajstić information content (AvgIpc) is 3.09. The molecule has 114 valence electrons. The van der Waals surface area contributed by atoms with Crippen LogP contribution < -0.4 is 0 Å². The highest BCUT2D eigenvalue weighted by Crippen LogP contribution is 2.22. The number of nitrogens with zero attached hydrogens (tertiary/aromatic N) is 3. The van der Waals surface area contributed by atoms with Crippen molar-refractivity contribution in [2.45, 2.75) is 32.4 Å². The third-order valence-corrected chi connectivity index (χ3v) is 4.25. The lowest BCUT2D eigenvalue weighted by molar-refractivity contribution is 0.152. The van der Waals surface area contributed by atoms with Gasteiger partial charge in [0.2, 0.25) is 0 Å². The number of furan rings is 1. The predicted molar refractivity (Wildman–Crippen MR) is 79.5 cm³/mol. The highest BCUT2D eigenvalue weighted by Gasteiger charge is 2.22. The molecule has 3 heterocycles. The van der Waals surface area contributed by atoms with E-state index >= 15 is 0 Å². The van der Waals surface area contributed by atoms with Crippen molar-refractivity contribution in [1.82, 2.24) is 14.5 Å². The van der Waals surface area contributed by atoms with Crippen molar-refractivity contribution in [3.8, 4) is 0 Å². The van der Waals surface area contributed by atoms with Crippen LogP contribution in [0.1, 0.15) is 30.2 Å². The standard InChI is InChI=1S/C16H23N3O2/c1-18-8-6-17-16(18)9-13-3-2-7-19(10-13)11-14-4-5-15(12-20)21-14/h4-6,8,13,20H,2-3,7,9-12H2,1H3. The van der Waals surface area contributed by atoms with Crippen molar-refractivity contribution in [2.24, 2.45) is 13.0 Å². The molecule has 1 N–H and O–H groups in total. The highest BCUT2D eigenvalue weighted by atomic mass is 16.4. The van der Waals surface area contributed by atoms with Gasteiger partial charge in [-0.2, -0.15) is 0 Å². The van der Waals surface area contributed by atoms with Gasteiger partial charge < -0.3 is 14.1 Å². The van der Waals surface area contributed by atoms with Crippen LogP contribution in [0.5, 0.6) is 0 Å². The average molecular weight is 289 g/mol. The Hall–Kier alpha value is -1.59. The van der Waals surface area contributed by atoms with Crippen molar-refractivity contribution < 1.29 is 9.52 Å². The molecule has 1 aliphatic heterocycles. The first-order valence-electron chi connectivity index (χ1n) is 7.61. The molecule has 21 heavy (non-hydrogen) atoms. The number of aryl methyl sites for hydroxylation is 1. The van der Waals surface area contributed by atoms with Gasteiger partial charge in [0.05, 0.1) is 6.54 Å². The molecule has 0 aliphatic carbocycles. The van der Waals surface area contributed by atoms with Gasteiger partial charge in [0.1, 0.15) is 24.0 Å². The summed E-state index contributed by atoms with van der Waals surface area (Å²) in [5, 5.41) is 9.05. The maximum atomic E-state index is 9.05. The minimum atomic E-state index is -0.0260. The molecular formula is C16H23N3O2. The van der Waals surface area contributed by atoms with Gasteiger partial charge in [-0.1, -0.05) is 0 Å². The van der Waals surface area contributed by atoms with Crippen LogP contribution in [0.15, 0.2) is 28.9 Å². The molecule has 1 atom stereocenters. The Labute approximate surface area is 125 Å². The Bertz CT molecular complexity index is 576. The lowest BCUT2D eigenvalue weighted by Crippen LogP contribution is -2.36. The molecule has 1 aliphatic rings. The van der Waals surface area contributed by atoms with Crippen LogP contribution in [0.2, 0.25) is 0 Å². The normalized spacial score (nSPS) is 20.0. The van der Waals surface area contributed by atoms with Gasteiger partial charge in [-0.3, -0.25) is 4.90 Å². The summed E-state index contributed by atoms with van der Waals surface area (Å²) in [4.78, 5) is 6.87. The molecule has 3 rings (SSSR count). The molecule has 0 amide bonds. The van der Waals surface area contributed by atoms with Gasteiger partial charge in [-0.15, -0.1) is 0 Å². The number of aliphatic hydroxyl groups is 1. The maximum Gasteiger partial charge on any atom is 0.129 e. The number of piperidine rings is 1. The molecule has 5 nitrogen and oxygen atoms in total. The number of imidazole rings is 1. The first-order chi connectivity index (χ1) is 10.2. The summed E-state index contributed by atoms with van der Waals surface area (Å²) >= 11 is 0. The summed E-state index contributed by atoms with van der Waals surface area (Å²) in [7, 11) is 2.06. The molecule has 0 radical (unpaired) electrons. The molecule has 1 fully saturated rings. The SMILES string of the molecule is Cn1ccnc1CC1CCCN(Cc2ccc(CO)o2)C1. The zero-order valence-electron chi connectivity index (χ0n) is 12.5. The number of hydrogen-bond donors (Lipinski definition) is 1. The van der Waals surface area contributed by atoms with E-state index < -0.39 is 0 Å². The number of aromatic nitrogens is 2. The van der Waals surface area contributed by atoms with Crippen molar-refractivity contribution >= 4 is 0 Å². The van der Waals surface area contributed by atoms with Crippen LogP contribution in [0.25, 0.3) is 0 Å². The van der Waals surface area contributed by atoms with Crippen LogP contribution in [-0.2, 0) is 26.6 Å². The van der Waals surface area contributed by atoms with E-state index in [1.807, 2.05) is 24.5 Å². The fraction of sp³-hybridized carbons (Fsp3) is 0.562. The van der Waals surface area contributed by atoms with Gasteiger partial charge >= 0.3 is 0 Å². The summed E-state index contributed by atoms with van der Waals surface area (Å²) in [5.41, 5.74) is 0. The second-order valence-electron chi connectivity index (χ2n) is 5.93. The Morgan fingerprint density at radius 2 is 2.24 bits per heavy atom. The monoisotopic (exact) mass is 289 g/mol. The first kappa shape index (κ1) is 14.4. The van der Waals surface area contributed by atoms with Crippen molar-refractivity contribution in [2.75, 3.05) is 13.1 Å². The Morgan fingerprint density at radius 3 is 2.95 bits per heavy atom. The van der Waals surface area contributed by atoms with Crippen LogP contribution in [-0.4, -0.2) is 32.6 Å². The van der Waals surface area contributed by atoms with E-state index in [1.165, 1.54) is 18.7 Å². The zero-order valence-corrected chi connectivity index (χ0v) is 12.5. The van der Waals surface area contributed by atoms with Crippen LogP contribution in [0, 0.1) is 5.92 Å². The minimum absolute atomic E-state index is 0.0260. The third kappa shape index (κ3) is 3.54. The molecule has 0 saturated carbocycles.